The van der Waals surface area contributed by atoms with Gasteiger partial charge in [-0.05, 0) is 62.7 Å². The number of para-hydroxylation sites is 1. The first-order chi connectivity index (χ1) is 17.9. The van der Waals surface area contributed by atoms with E-state index in [0.29, 0.717) is 29.2 Å². The van der Waals surface area contributed by atoms with Crippen LogP contribution in [-0.4, -0.2) is 32.7 Å². The third kappa shape index (κ3) is 5.21. The third-order valence-corrected chi connectivity index (χ3v) is 6.08. The second-order valence-corrected chi connectivity index (χ2v) is 8.42. The number of benzene rings is 3. The summed E-state index contributed by atoms with van der Waals surface area (Å²) in [6.45, 7) is 5.84. The molecule has 0 atom stereocenters. The summed E-state index contributed by atoms with van der Waals surface area (Å²) in [5.74, 6) is 0.661. The van der Waals surface area contributed by atoms with E-state index in [1.165, 1.54) is 6.08 Å². The van der Waals surface area contributed by atoms with Gasteiger partial charge >= 0.3 is 5.97 Å². The molecule has 0 saturated carbocycles. The number of rotatable bonds is 8. The van der Waals surface area contributed by atoms with Gasteiger partial charge in [0.25, 0.3) is 0 Å². The van der Waals surface area contributed by atoms with E-state index in [2.05, 4.69) is 5.32 Å². The Hall–Kier alpha value is -4.52. The average Bonchev–Trinajstić information content (AvgIpc) is 3.33. The topological polar surface area (TPSA) is 87.0 Å². The molecule has 7 nitrogen and oxygen atoms in total. The highest BCUT2D eigenvalue weighted by Gasteiger charge is 2.20. The second kappa shape index (κ2) is 11.0. The monoisotopic (exact) mass is 499 g/mol. The summed E-state index contributed by atoms with van der Waals surface area (Å²) in [4.78, 5) is 24.7. The van der Waals surface area contributed by atoms with Crippen molar-refractivity contribution in [2.75, 3.05) is 26.1 Å². The number of ether oxygens (including phenoxy) is 3. The van der Waals surface area contributed by atoms with Crippen LogP contribution in [0, 0.1) is 6.92 Å². The van der Waals surface area contributed by atoms with Crippen LogP contribution >= 0.6 is 0 Å². The molecule has 0 unspecified atom stereocenters. The first-order valence-corrected chi connectivity index (χ1v) is 11.9. The highest BCUT2D eigenvalue weighted by atomic mass is 16.5. The number of hydrogen-bond donors (Lipinski definition) is 1. The Morgan fingerprint density at radius 3 is 2.41 bits per heavy atom. The molecule has 190 valence electrons. The van der Waals surface area contributed by atoms with Gasteiger partial charge in [0, 0.05) is 39.4 Å². The molecular formula is C30H29NO6. The van der Waals surface area contributed by atoms with E-state index in [0.717, 1.165) is 39.0 Å². The van der Waals surface area contributed by atoms with Crippen molar-refractivity contribution in [2.45, 2.75) is 20.8 Å². The molecule has 1 aromatic heterocycles. The Morgan fingerprint density at radius 2 is 1.73 bits per heavy atom. The van der Waals surface area contributed by atoms with E-state index in [-0.39, 0.29) is 5.91 Å². The van der Waals surface area contributed by atoms with Crippen LogP contribution < -0.4 is 14.8 Å². The Kier molecular flexibility index (Phi) is 7.63. The maximum absolute atomic E-state index is 12.8. The van der Waals surface area contributed by atoms with Gasteiger partial charge in [-0.1, -0.05) is 18.2 Å². The molecule has 37 heavy (non-hydrogen) atoms. The minimum absolute atomic E-state index is 0.301. The quantitative estimate of drug-likeness (QED) is 0.216. The van der Waals surface area contributed by atoms with Gasteiger partial charge in [-0.2, -0.15) is 0 Å². The Labute approximate surface area is 215 Å². The van der Waals surface area contributed by atoms with Crippen molar-refractivity contribution >= 4 is 34.1 Å². The molecule has 7 heteroatoms. The minimum atomic E-state index is -0.402. The molecule has 0 aliphatic carbocycles. The van der Waals surface area contributed by atoms with E-state index < -0.39 is 5.97 Å². The molecule has 3 aromatic carbocycles. The molecule has 4 aromatic rings. The standard InChI is InChI=1S/C30H29NO6/c1-6-36-30(33)20-11-13-21(14-12-20)31-27(32)15-18(2)23-16-24-25(22-9-7-8-10-26(22)34-4)17-37-29(24)19(3)28(23)35-5/h7-17H,6H2,1-5H3,(H,31,32)/b18-15+. The molecule has 0 saturated heterocycles. The predicted molar refractivity (Wildman–Crippen MR) is 144 cm³/mol. The van der Waals surface area contributed by atoms with Crippen LogP contribution in [0.2, 0.25) is 0 Å². The Balaban J connectivity index is 1.67. The van der Waals surface area contributed by atoms with Crippen molar-refractivity contribution in [3.63, 3.8) is 0 Å². The summed E-state index contributed by atoms with van der Waals surface area (Å²) in [7, 11) is 3.23. The zero-order valence-corrected chi connectivity index (χ0v) is 21.5. The number of furan rings is 1. The number of nitrogens with one attached hydrogen (secondary N) is 1. The van der Waals surface area contributed by atoms with Crippen LogP contribution in [0.3, 0.4) is 0 Å². The van der Waals surface area contributed by atoms with E-state index in [4.69, 9.17) is 18.6 Å². The lowest BCUT2D eigenvalue weighted by atomic mass is 9.96. The lowest BCUT2D eigenvalue weighted by molar-refractivity contribution is -0.111. The zero-order chi connectivity index (χ0) is 26.5. The molecule has 1 N–H and O–H groups in total. The SMILES string of the molecule is CCOC(=O)c1ccc(NC(=O)/C=C(\C)c2cc3c(-c4ccccc4OC)coc3c(C)c2OC)cc1. The highest BCUT2D eigenvalue weighted by molar-refractivity contribution is 6.06. The number of allylic oxidation sites excluding steroid dienone is 1. The molecule has 1 heterocycles. The number of carbonyl (C=O) groups excluding carboxylic acids is 2. The fraction of sp³-hybridized carbons (Fsp3) is 0.200. The van der Waals surface area contributed by atoms with Crippen molar-refractivity contribution in [1.29, 1.82) is 0 Å². The summed E-state index contributed by atoms with van der Waals surface area (Å²) < 4.78 is 22.2. The number of esters is 1. The number of carbonyl (C=O) groups is 2. The molecule has 0 aliphatic heterocycles. The molecule has 0 aliphatic rings. The van der Waals surface area contributed by atoms with E-state index in [9.17, 15) is 9.59 Å². The van der Waals surface area contributed by atoms with E-state index in [1.807, 2.05) is 44.2 Å². The maximum atomic E-state index is 12.8. The van der Waals surface area contributed by atoms with Gasteiger partial charge in [-0.15, -0.1) is 0 Å². The highest BCUT2D eigenvalue weighted by Crippen LogP contribution is 2.42. The van der Waals surface area contributed by atoms with Crippen molar-refractivity contribution in [3.05, 3.63) is 83.6 Å². The van der Waals surface area contributed by atoms with Crippen LogP contribution in [-0.2, 0) is 9.53 Å². The molecule has 0 fully saturated rings. The summed E-state index contributed by atoms with van der Waals surface area (Å²) in [6, 6.07) is 16.3. The minimum Gasteiger partial charge on any atom is -0.496 e. The van der Waals surface area contributed by atoms with Gasteiger partial charge in [0.15, 0.2) is 0 Å². The van der Waals surface area contributed by atoms with Crippen LogP contribution in [0.1, 0.15) is 35.3 Å². The fourth-order valence-corrected chi connectivity index (χ4v) is 4.30. The summed E-state index contributed by atoms with van der Waals surface area (Å²) >= 11 is 0. The second-order valence-electron chi connectivity index (χ2n) is 8.42. The normalized spacial score (nSPS) is 11.3. The predicted octanol–water partition coefficient (Wildman–Crippen LogP) is 6.64. The van der Waals surface area contributed by atoms with Gasteiger partial charge in [0.1, 0.15) is 17.1 Å². The number of hydrogen-bond acceptors (Lipinski definition) is 6. The molecule has 0 radical (unpaired) electrons. The van der Waals surface area contributed by atoms with Gasteiger partial charge < -0.3 is 23.9 Å². The molecule has 0 bridgehead atoms. The Bertz CT molecular complexity index is 1480. The molecule has 4 rings (SSSR count). The average molecular weight is 500 g/mol. The van der Waals surface area contributed by atoms with Gasteiger partial charge in [-0.25, -0.2) is 4.79 Å². The maximum Gasteiger partial charge on any atom is 0.338 e. The summed E-state index contributed by atoms with van der Waals surface area (Å²) in [5.41, 5.74) is 5.81. The van der Waals surface area contributed by atoms with E-state index in [1.54, 1.807) is 51.7 Å². The Morgan fingerprint density at radius 1 is 1.00 bits per heavy atom. The first kappa shape index (κ1) is 25.6. The number of amides is 1. The van der Waals surface area contributed by atoms with E-state index >= 15 is 0 Å². The van der Waals surface area contributed by atoms with Gasteiger partial charge in [-0.3, -0.25) is 4.79 Å². The number of methoxy groups -OCH3 is 2. The van der Waals surface area contributed by atoms with Crippen molar-refractivity contribution < 1.29 is 28.2 Å². The smallest absolute Gasteiger partial charge is 0.338 e. The van der Waals surface area contributed by atoms with Crippen molar-refractivity contribution in [1.82, 2.24) is 0 Å². The molecular weight excluding hydrogens is 470 g/mol. The molecule has 1 amide bonds. The zero-order valence-electron chi connectivity index (χ0n) is 21.5. The number of anilines is 1. The first-order valence-electron chi connectivity index (χ1n) is 11.9. The van der Waals surface area contributed by atoms with Gasteiger partial charge in [0.05, 0.1) is 32.7 Å². The van der Waals surface area contributed by atoms with Crippen molar-refractivity contribution in [2.24, 2.45) is 0 Å². The lowest BCUT2D eigenvalue weighted by Gasteiger charge is -2.14. The van der Waals surface area contributed by atoms with Crippen LogP contribution in [0.4, 0.5) is 5.69 Å². The van der Waals surface area contributed by atoms with Crippen LogP contribution in [0.15, 0.2) is 71.4 Å². The summed E-state index contributed by atoms with van der Waals surface area (Å²) in [5, 5.41) is 3.72. The molecule has 0 spiro atoms. The third-order valence-electron chi connectivity index (χ3n) is 6.08. The summed E-state index contributed by atoms with van der Waals surface area (Å²) in [6.07, 6.45) is 3.23. The van der Waals surface area contributed by atoms with Gasteiger partial charge in [0.2, 0.25) is 5.91 Å². The fourth-order valence-electron chi connectivity index (χ4n) is 4.30. The van der Waals surface area contributed by atoms with Crippen molar-refractivity contribution in [3.8, 4) is 22.6 Å². The largest absolute Gasteiger partial charge is 0.496 e. The van der Waals surface area contributed by atoms with Crippen LogP contribution in [0.5, 0.6) is 11.5 Å². The van der Waals surface area contributed by atoms with Crippen LogP contribution in [0.25, 0.3) is 27.7 Å². The number of aryl methyl sites for hydroxylation is 1. The lowest BCUT2D eigenvalue weighted by Crippen LogP contribution is -2.09. The number of fused-ring (bicyclic) bond motifs is 1.